The Morgan fingerprint density at radius 1 is 1.17 bits per heavy atom. The molecule has 2 unspecified atom stereocenters. The molecular formula is C26H20Cl2N4O3S. The highest BCUT2D eigenvalue weighted by atomic mass is 35.5. The first-order chi connectivity index (χ1) is 17.5. The third kappa shape index (κ3) is 3.70. The number of pyridine rings is 1. The van der Waals surface area contributed by atoms with Gasteiger partial charge in [0.05, 0.1) is 25.8 Å². The molecule has 0 spiro atoms. The Kier molecular flexibility index (Phi) is 5.13. The molecule has 2 aliphatic carbocycles. The minimum Gasteiger partial charge on any atom is -0.478 e. The van der Waals surface area contributed by atoms with E-state index >= 15 is 0 Å². The molecule has 4 aromatic rings. The van der Waals surface area contributed by atoms with Crippen molar-refractivity contribution in [3.63, 3.8) is 0 Å². The molecule has 1 aliphatic heterocycles. The van der Waals surface area contributed by atoms with Crippen LogP contribution in [0.15, 0.2) is 41.2 Å². The van der Waals surface area contributed by atoms with Crippen LogP contribution < -0.4 is 4.90 Å². The van der Waals surface area contributed by atoms with Gasteiger partial charge in [-0.15, -0.1) is 0 Å². The number of aromatic carboxylic acids is 1. The topological polar surface area (TPSA) is 92.3 Å². The van der Waals surface area contributed by atoms with Crippen molar-refractivity contribution in [2.45, 2.75) is 18.8 Å². The van der Waals surface area contributed by atoms with Crippen LogP contribution in [0.25, 0.3) is 27.6 Å². The fourth-order valence-electron chi connectivity index (χ4n) is 5.33. The molecule has 3 fully saturated rings. The summed E-state index contributed by atoms with van der Waals surface area (Å²) in [6, 6.07) is 5.10. The van der Waals surface area contributed by atoms with Crippen LogP contribution in [0.5, 0.6) is 0 Å². The van der Waals surface area contributed by atoms with Crippen molar-refractivity contribution in [1.29, 1.82) is 0 Å². The SMILES string of the molecule is O=C(O)c1ccc2nc(N3CC4C(/C=C/c5c(-c6c(Cl)cncc6Cl)noc5C5CC5)C4C3)sc2c1. The van der Waals surface area contributed by atoms with Gasteiger partial charge in [0.25, 0.3) is 0 Å². The average molecular weight is 539 g/mol. The van der Waals surface area contributed by atoms with Crippen LogP contribution in [-0.2, 0) is 0 Å². The number of allylic oxidation sites excluding steroid dienone is 1. The molecule has 2 atom stereocenters. The third-order valence-corrected chi connectivity index (χ3v) is 9.09. The van der Waals surface area contributed by atoms with Crippen LogP contribution in [0.3, 0.4) is 0 Å². The van der Waals surface area contributed by atoms with E-state index in [1.165, 1.54) is 0 Å². The quantitative estimate of drug-likeness (QED) is 0.294. The summed E-state index contributed by atoms with van der Waals surface area (Å²) in [5.41, 5.74) is 3.44. The van der Waals surface area contributed by atoms with Gasteiger partial charge >= 0.3 is 5.97 Å². The van der Waals surface area contributed by atoms with Gasteiger partial charge in [-0.1, -0.05) is 51.8 Å². The van der Waals surface area contributed by atoms with Gasteiger partial charge in [0.1, 0.15) is 11.5 Å². The van der Waals surface area contributed by atoms with E-state index in [2.05, 4.69) is 27.2 Å². The maximum Gasteiger partial charge on any atom is 0.335 e. The van der Waals surface area contributed by atoms with Crippen LogP contribution in [0.1, 0.15) is 40.4 Å². The van der Waals surface area contributed by atoms with Gasteiger partial charge in [-0.05, 0) is 48.8 Å². The van der Waals surface area contributed by atoms with Crippen LogP contribution in [0, 0.1) is 17.8 Å². The van der Waals surface area contributed by atoms with E-state index in [0.29, 0.717) is 50.5 Å². The van der Waals surface area contributed by atoms with E-state index in [9.17, 15) is 9.90 Å². The maximum atomic E-state index is 11.3. The lowest BCUT2D eigenvalue weighted by Crippen LogP contribution is -2.23. The van der Waals surface area contributed by atoms with E-state index < -0.39 is 5.97 Å². The van der Waals surface area contributed by atoms with Crippen molar-refractivity contribution in [2.75, 3.05) is 18.0 Å². The average Bonchev–Trinajstić information content (AvgIpc) is 3.62. The number of aromatic nitrogens is 3. The monoisotopic (exact) mass is 538 g/mol. The molecule has 1 saturated heterocycles. The second kappa shape index (κ2) is 8.30. The van der Waals surface area contributed by atoms with Gasteiger partial charge in [-0.3, -0.25) is 4.98 Å². The van der Waals surface area contributed by atoms with Crippen molar-refractivity contribution in [2.24, 2.45) is 17.8 Å². The van der Waals surface area contributed by atoms with E-state index in [-0.39, 0.29) is 0 Å². The standard InChI is InChI=1S/C26H20Cl2N4O3S/c27-18-8-29-9-19(28)22(18)23-15(24(35-31-23)12-1-2-12)5-4-14-16-10-32(11-17(14)16)26-30-20-6-3-13(25(33)34)7-21(20)36-26/h3-9,12,14,16-17H,1-2,10-11H2,(H,33,34)/b5-4+. The molecule has 7 nitrogen and oxygen atoms in total. The molecule has 0 amide bonds. The number of benzene rings is 1. The minimum atomic E-state index is -0.918. The number of hydrogen-bond acceptors (Lipinski definition) is 7. The summed E-state index contributed by atoms with van der Waals surface area (Å²) < 4.78 is 6.67. The van der Waals surface area contributed by atoms with Gasteiger partial charge in [-0.25, -0.2) is 9.78 Å². The van der Waals surface area contributed by atoms with Crippen molar-refractivity contribution >= 4 is 61.9 Å². The second-order valence-corrected chi connectivity index (χ2v) is 11.5. The molecule has 7 rings (SSSR count). The van der Waals surface area contributed by atoms with Crippen molar-refractivity contribution < 1.29 is 14.4 Å². The van der Waals surface area contributed by atoms with Crippen molar-refractivity contribution in [1.82, 2.24) is 15.1 Å². The molecule has 3 aliphatic rings. The number of hydrogen-bond donors (Lipinski definition) is 1. The number of piperidine rings is 1. The summed E-state index contributed by atoms with van der Waals surface area (Å²) in [4.78, 5) is 22.4. The van der Waals surface area contributed by atoms with Crippen LogP contribution in [0.2, 0.25) is 10.0 Å². The summed E-state index contributed by atoms with van der Waals surface area (Å²) in [6.07, 6.45) is 9.79. The lowest BCUT2D eigenvalue weighted by atomic mass is 10.0. The third-order valence-electron chi connectivity index (χ3n) is 7.43. The van der Waals surface area contributed by atoms with Crippen LogP contribution in [0.4, 0.5) is 5.13 Å². The highest BCUT2D eigenvalue weighted by Gasteiger charge is 2.54. The first kappa shape index (κ1) is 22.3. The van der Waals surface area contributed by atoms with E-state index in [1.807, 2.05) is 0 Å². The first-order valence-electron chi connectivity index (χ1n) is 11.8. The Hall–Kier alpha value is -2.94. The number of anilines is 1. The Labute approximate surface area is 220 Å². The van der Waals surface area contributed by atoms with Gasteiger partial charge in [0.2, 0.25) is 0 Å². The number of nitrogens with zero attached hydrogens (tertiary/aromatic N) is 4. The van der Waals surface area contributed by atoms with E-state index in [0.717, 1.165) is 52.6 Å². The number of rotatable bonds is 6. The van der Waals surface area contributed by atoms with Gasteiger partial charge in [-0.2, -0.15) is 0 Å². The summed E-state index contributed by atoms with van der Waals surface area (Å²) in [5.74, 6) is 2.03. The molecule has 1 aromatic carbocycles. The van der Waals surface area contributed by atoms with E-state index in [4.69, 9.17) is 32.7 Å². The second-order valence-electron chi connectivity index (χ2n) is 9.71. The number of fused-ring (bicyclic) bond motifs is 2. The number of carboxylic acids is 1. The normalized spacial score (nSPS) is 23.1. The Morgan fingerprint density at radius 2 is 1.92 bits per heavy atom. The van der Waals surface area contributed by atoms with Crippen LogP contribution >= 0.6 is 34.5 Å². The summed E-state index contributed by atoms with van der Waals surface area (Å²) >= 11 is 14.4. The largest absolute Gasteiger partial charge is 0.478 e. The number of thiazole rings is 1. The summed E-state index contributed by atoms with van der Waals surface area (Å²) in [6.45, 7) is 1.89. The lowest BCUT2D eigenvalue weighted by Gasteiger charge is -2.17. The molecule has 4 heterocycles. The maximum absolute atomic E-state index is 11.3. The number of carboxylic acid groups (broad SMARTS) is 1. The molecule has 182 valence electrons. The summed E-state index contributed by atoms with van der Waals surface area (Å²) in [7, 11) is 0. The zero-order chi connectivity index (χ0) is 24.6. The highest BCUT2D eigenvalue weighted by Crippen LogP contribution is 2.54. The highest BCUT2D eigenvalue weighted by molar-refractivity contribution is 7.22. The van der Waals surface area contributed by atoms with Gasteiger partial charge in [0, 0.05) is 42.5 Å². The number of carbonyl (C=O) groups is 1. The Balaban J connectivity index is 1.10. The van der Waals surface area contributed by atoms with Crippen molar-refractivity contribution in [3.05, 3.63) is 63.6 Å². The predicted molar refractivity (Wildman–Crippen MR) is 140 cm³/mol. The molecule has 10 heteroatoms. The molecule has 2 saturated carbocycles. The molecule has 1 N–H and O–H groups in total. The van der Waals surface area contributed by atoms with Crippen molar-refractivity contribution in [3.8, 4) is 11.3 Å². The predicted octanol–water partition coefficient (Wildman–Crippen LogP) is 6.62. The summed E-state index contributed by atoms with van der Waals surface area (Å²) in [5, 5.41) is 15.5. The molecular weight excluding hydrogens is 519 g/mol. The fourth-order valence-corrected chi connectivity index (χ4v) is 6.90. The zero-order valence-corrected chi connectivity index (χ0v) is 21.2. The molecule has 0 radical (unpaired) electrons. The van der Waals surface area contributed by atoms with Crippen LogP contribution in [-0.4, -0.2) is 39.3 Å². The minimum absolute atomic E-state index is 0.292. The Bertz CT molecular complexity index is 1530. The first-order valence-corrected chi connectivity index (χ1v) is 13.4. The molecule has 36 heavy (non-hydrogen) atoms. The molecule has 3 aromatic heterocycles. The molecule has 0 bridgehead atoms. The fraction of sp³-hybridized carbons (Fsp3) is 0.308. The van der Waals surface area contributed by atoms with Gasteiger partial charge in [0.15, 0.2) is 5.13 Å². The Morgan fingerprint density at radius 3 is 2.61 bits per heavy atom. The zero-order valence-electron chi connectivity index (χ0n) is 18.9. The smallest absolute Gasteiger partial charge is 0.335 e. The number of halogens is 2. The van der Waals surface area contributed by atoms with E-state index in [1.54, 1.807) is 41.9 Å². The lowest BCUT2D eigenvalue weighted by molar-refractivity contribution is 0.0697. The van der Waals surface area contributed by atoms with Gasteiger partial charge < -0.3 is 14.5 Å².